The molecule has 0 radical (unpaired) electrons. The molecular formula is C56H64N4O8S. The molecular weight excluding hydrogens is 889 g/mol. The first-order chi connectivity index (χ1) is 33.4. The average Bonchev–Trinajstić information content (AvgIpc) is 3.45. The van der Waals surface area contributed by atoms with E-state index in [4.69, 9.17) is 0 Å². The highest BCUT2D eigenvalue weighted by atomic mass is 32.1. The summed E-state index contributed by atoms with van der Waals surface area (Å²) in [5.74, 6) is -4.45. The van der Waals surface area contributed by atoms with E-state index in [0.717, 1.165) is 114 Å². The van der Waals surface area contributed by atoms with Crippen molar-refractivity contribution in [1.82, 2.24) is 20.6 Å². The van der Waals surface area contributed by atoms with Crippen LogP contribution in [0.2, 0.25) is 0 Å². The molecule has 13 heteroatoms. The second-order valence-electron chi connectivity index (χ2n) is 20.0. The molecule has 4 aliphatic heterocycles. The second kappa shape index (κ2) is 19.5. The van der Waals surface area contributed by atoms with Crippen LogP contribution in [0.4, 0.5) is 0 Å². The maximum absolute atomic E-state index is 15.3. The normalized spacial score (nSPS) is 21.6. The number of unbranched alkanes of at least 4 members (excludes halogenated alkanes) is 12. The molecule has 0 fully saturated rings. The number of aromatic nitrogens is 2. The fourth-order valence-corrected chi connectivity index (χ4v) is 13.6. The fourth-order valence-electron chi connectivity index (χ4n) is 12.3. The van der Waals surface area contributed by atoms with Crippen LogP contribution in [0.25, 0.3) is 21.5 Å². The van der Waals surface area contributed by atoms with Crippen molar-refractivity contribution in [2.75, 3.05) is 0 Å². The molecule has 362 valence electrons. The highest BCUT2D eigenvalue weighted by Gasteiger charge is 2.58. The highest BCUT2D eigenvalue weighted by molar-refractivity contribution is 7.12. The summed E-state index contributed by atoms with van der Waals surface area (Å²) >= 11 is 1.14. The lowest BCUT2D eigenvalue weighted by Gasteiger charge is -2.36. The number of aryl methyl sites for hydroxylation is 2. The Kier molecular flexibility index (Phi) is 13.6. The van der Waals surface area contributed by atoms with Gasteiger partial charge in [0, 0.05) is 31.3 Å². The van der Waals surface area contributed by atoms with Crippen LogP contribution in [-0.4, -0.2) is 33.6 Å². The van der Waals surface area contributed by atoms with Crippen molar-refractivity contribution in [3.05, 3.63) is 132 Å². The Balaban J connectivity index is 1.33. The van der Waals surface area contributed by atoms with Gasteiger partial charge >= 0.3 is 0 Å². The molecule has 4 unspecified atom stereocenters. The summed E-state index contributed by atoms with van der Waals surface area (Å²) in [5, 5.41) is 6.24. The van der Waals surface area contributed by atoms with E-state index < -0.39 is 68.5 Å². The minimum absolute atomic E-state index is 0.145. The molecule has 0 saturated heterocycles. The predicted octanol–water partition coefficient (Wildman–Crippen LogP) is 9.15. The third kappa shape index (κ3) is 7.87. The largest absolute Gasteiger partial charge is 0.294 e. The molecule has 2 aromatic carbocycles. The van der Waals surface area contributed by atoms with Crippen molar-refractivity contribution >= 4 is 56.5 Å². The van der Waals surface area contributed by atoms with Crippen molar-refractivity contribution < 1.29 is 19.2 Å². The first-order valence-corrected chi connectivity index (χ1v) is 26.6. The van der Waals surface area contributed by atoms with E-state index in [0.29, 0.717) is 68.8 Å². The van der Waals surface area contributed by atoms with Crippen LogP contribution in [0.5, 0.6) is 0 Å². The first kappa shape index (κ1) is 48.2. The molecule has 8 bridgehead atoms. The molecule has 6 aliphatic rings. The van der Waals surface area contributed by atoms with Crippen molar-refractivity contribution in [1.29, 1.82) is 0 Å². The molecule has 4 atom stereocenters. The predicted molar refractivity (Wildman–Crippen MR) is 271 cm³/mol. The molecule has 2 aliphatic carbocycles. The van der Waals surface area contributed by atoms with Gasteiger partial charge in [-0.2, -0.15) is 0 Å². The number of hydrogen-bond acceptors (Lipinski definition) is 9. The van der Waals surface area contributed by atoms with E-state index >= 15 is 9.59 Å². The lowest BCUT2D eigenvalue weighted by atomic mass is 9.65. The van der Waals surface area contributed by atoms with E-state index in [-0.39, 0.29) is 32.7 Å². The number of rotatable bonds is 22. The quantitative estimate of drug-likeness (QED) is 0.0300. The van der Waals surface area contributed by atoms with Gasteiger partial charge in [-0.1, -0.05) is 128 Å². The summed E-state index contributed by atoms with van der Waals surface area (Å²) in [5.41, 5.74) is -2.10. The standard InChI is InChI=1S/C56H64N4O8S/c1-5-9-13-17-21-31-27-35-45-43(39(31)49(63)57-47(35)61)41-33(23-19-15-11-7-3)29-55(45,53(67)59-51(41)65)37-25-26-38(69-37)56-30-34(24-20-16-12-8-4)42(52(66)60-54(56)68)44-40-32(22-18-14-10-6-2)28-36(46(44)56)48(62)58-50(40)64/h25-30,41-42H,5-24H2,1-4H3,(H,57,61,63)(H,58,62,64)(H,59,65,67)(H,60,66,68). The van der Waals surface area contributed by atoms with Crippen LogP contribution in [-0.2, 0) is 42.8 Å². The molecule has 12 nitrogen and oxygen atoms in total. The number of fused-ring (bicyclic) bond motifs is 10. The number of carbonyl (C=O) groups excluding carboxylic acids is 4. The number of hydrogen-bond donors (Lipinski definition) is 4. The van der Waals surface area contributed by atoms with Gasteiger partial charge in [0.2, 0.25) is 23.6 Å². The number of nitrogens with one attached hydrogen (secondary N) is 4. The third-order valence-corrected chi connectivity index (χ3v) is 16.9. The summed E-state index contributed by atoms with van der Waals surface area (Å²) in [6.45, 7) is 8.47. The molecule has 69 heavy (non-hydrogen) atoms. The summed E-state index contributed by atoms with van der Waals surface area (Å²) < 4.78 is 0. The van der Waals surface area contributed by atoms with E-state index in [2.05, 4.69) is 48.3 Å². The van der Waals surface area contributed by atoms with Gasteiger partial charge in [0.15, 0.2) is 0 Å². The number of thiophene rings is 1. The van der Waals surface area contributed by atoms with E-state index in [1.54, 1.807) is 24.3 Å². The zero-order valence-electron chi connectivity index (χ0n) is 40.4. The Bertz CT molecular complexity index is 2970. The lowest BCUT2D eigenvalue weighted by Crippen LogP contribution is -2.44. The SMILES string of the molecule is CCCCCCC1=CC2(c3ccc(C45C=C(CCCCCC)C(C(=O)NC4=O)c4c5c5cc(CCCCCC)c4c(=O)[nH]c5=O)s3)C(=O)NC(=O)C1c1c2c2cc(CCCCCC)c1c(=O)[nH]c2=O. The second-order valence-corrected chi connectivity index (χ2v) is 21.1. The number of amides is 4. The Morgan fingerprint density at radius 2 is 0.826 bits per heavy atom. The third-order valence-electron chi connectivity index (χ3n) is 15.5. The number of carbonyl (C=O) groups is 4. The van der Waals surface area contributed by atoms with E-state index in [1.165, 1.54) is 0 Å². The van der Waals surface area contributed by atoms with Gasteiger partial charge in [-0.25, -0.2) is 0 Å². The highest BCUT2D eigenvalue weighted by Crippen LogP contribution is 2.57. The summed E-state index contributed by atoms with van der Waals surface area (Å²) in [6, 6.07) is 6.95. The minimum atomic E-state index is -1.80. The maximum Gasteiger partial charge on any atom is 0.258 e. The van der Waals surface area contributed by atoms with Gasteiger partial charge in [-0.05, 0) is 109 Å². The number of imide groups is 2. The van der Waals surface area contributed by atoms with Crippen molar-refractivity contribution in [2.45, 2.75) is 179 Å². The van der Waals surface area contributed by atoms with E-state index in [1.807, 2.05) is 12.2 Å². The van der Waals surface area contributed by atoms with Crippen LogP contribution in [0.3, 0.4) is 0 Å². The molecule has 0 spiro atoms. The number of H-pyrrole nitrogens is 2. The van der Waals surface area contributed by atoms with Crippen LogP contribution in [0.1, 0.15) is 198 Å². The molecule has 5 aromatic heterocycles. The lowest BCUT2D eigenvalue weighted by molar-refractivity contribution is -0.133. The molecule has 7 aromatic rings. The molecule has 0 saturated carbocycles. The Morgan fingerprint density at radius 3 is 1.19 bits per heavy atom. The van der Waals surface area contributed by atoms with Crippen LogP contribution in [0.15, 0.2) is 66.7 Å². The zero-order chi connectivity index (χ0) is 48.8. The first-order valence-electron chi connectivity index (χ1n) is 25.7. The van der Waals surface area contributed by atoms with E-state index in [9.17, 15) is 28.8 Å². The topological polar surface area (TPSA) is 192 Å². The molecule has 4 N–H and O–H groups in total. The van der Waals surface area contributed by atoms with Gasteiger partial charge in [0.1, 0.15) is 10.8 Å². The fraction of sp³-hybridized carbons (Fsp3) is 0.500. The van der Waals surface area contributed by atoms with Crippen molar-refractivity contribution in [3.8, 4) is 0 Å². The minimum Gasteiger partial charge on any atom is -0.294 e. The zero-order valence-corrected chi connectivity index (χ0v) is 41.3. The molecule has 13 rings (SSSR count). The molecule has 9 heterocycles. The molecule has 4 amide bonds. The van der Waals surface area contributed by atoms with Gasteiger partial charge in [0.05, 0.1) is 11.8 Å². The van der Waals surface area contributed by atoms with Crippen molar-refractivity contribution in [2.24, 2.45) is 0 Å². The average molecular weight is 953 g/mol. The Morgan fingerprint density at radius 1 is 0.464 bits per heavy atom. The Hall–Kier alpha value is -5.82. The van der Waals surface area contributed by atoms with Crippen LogP contribution >= 0.6 is 11.3 Å². The van der Waals surface area contributed by atoms with Crippen molar-refractivity contribution in [3.63, 3.8) is 0 Å². The van der Waals surface area contributed by atoms with Crippen LogP contribution < -0.4 is 32.9 Å². The van der Waals surface area contributed by atoms with Gasteiger partial charge < -0.3 is 0 Å². The summed E-state index contributed by atoms with van der Waals surface area (Å²) in [6.07, 6.45) is 20.2. The summed E-state index contributed by atoms with van der Waals surface area (Å²) in [7, 11) is 0. The van der Waals surface area contributed by atoms with Crippen LogP contribution in [0, 0.1) is 0 Å². The monoisotopic (exact) mass is 952 g/mol. The smallest absolute Gasteiger partial charge is 0.258 e. The summed E-state index contributed by atoms with van der Waals surface area (Å²) in [4.78, 5) is 123. The number of benzene rings is 2. The van der Waals surface area contributed by atoms with Gasteiger partial charge in [-0.3, -0.25) is 59.0 Å². The van der Waals surface area contributed by atoms with Gasteiger partial charge in [-0.15, -0.1) is 11.3 Å². The Labute approximate surface area is 405 Å². The number of aromatic amines is 2. The van der Waals surface area contributed by atoms with Gasteiger partial charge in [0.25, 0.3) is 22.2 Å². The maximum atomic E-state index is 15.3.